The van der Waals surface area contributed by atoms with Crippen LogP contribution in [0, 0.1) is 6.92 Å². The number of hydrogen-bond acceptors (Lipinski definition) is 4. The maximum absolute atomic E-state index is 11.9. The van der Waals surface area contributed by atoms with Crippen LogP contribution in [0.15, 0.2) is 62.2 Å². The summed E-state index contributed by atoms with van der Waals surface area (Å²) >= 11 is 0. The number of benzene rings is 2. The van der Waals surface area contributed by atoms with Gasteiger partial charge in [0.2, 0.25) is 0 Å². The van der Waals surface area contributed by atoms with Crippen molar-refractivity contribution < 1.29 is 18.7 Å². The predicted molar refractivity (Wildman–Crippen MR) is 89.4 cm³/mol. The van der Waals surface area contributed by atoms with E-state index in [2.05, 4.69) is 0 Å². The average Bonchev–Trinajstić information content (AvgIpc) is 2.99. The van der Waals surface area contributed by atoms with Gasteiger partial charge in [-0.25, -0.2) is 9.59 Å². The Morgan fingerprint density at radius 1 is 1.00 bits per heavy atom. The number of aryl methyl sites for hydroxylation is 1. The van der Waals surface area contributed by atoms with Gasteiger partial charge in [0.1, 0.15) is 22.5 Å². The highest BCUT2D eigenvalue weighted by Gasteiger charge is 2.16. The summed E-state index contributed by atoms with van der Waals surface area (Å²) in [6.07, 6.45) is 0. The molecule has 0 atom stereocenters. The lowest BCUT2D eigenvalue weighted by Crippen LogP contribution is -2.12. The molecule has 24 heavy (non-hydrogen) atoms. The Hall–Kier alpha value is -3.34. The molecule has 0 unspecified atom stereocenters. The van der Waals surface area contributed by atoms with Crippen molar-refractivity contribution in [1.29, 1.82) is 0 Å². The normalized spacial score (nSPS) is 11.2. The number of rotatable bonds is 2. The Morgan fingerprint density at radius 3 is 2.46 bits per heavy atom. The number of aromatic carboxylic acids is 1. The van der Waals surface area contributed by atoms with Crippen molar-refractivity contribution in [2.24, 2.45) is 0 Å². The molecular formula is C19H12O5. The molecular weight excluding hydrogens is 308 g/mol. The Kier molecular flexibility index (Phi) is 3.03. The van der Waals surface area contributed by atoms with Gasteiger partial charge in [-0.3, -0.25) is 0 Å². The van der Waals surface area contributed by atoms with Crippen LogP contribution in [0.1, 0.15) is 15.9 Å². The molecule has 0 radical (unpaired) electrons. The average molecular weight is 320 g/mol. The lowest BCUT2D eigenvalue weighted by Gasteiger charge is -1.99. The molecule has 2 heterocycles. The van der Waals surface area contributed by atoms with Gasteiger partial charge in [-0.05, 0) is 31.2 Å². The molecule has 0 saturated heterocycles. The zero-order valence-electron chi connectivity index (χ0n) is 12.7. The first-order valence-corrected chi connectivity index (χ1v) is 7.34. The van der Waals surface area contributed by atoms with Gasteiger partial charge >= 0.3 is 11.6 Å². The van der Waals surface area contributed by atoms with Crippen molar-refractivity contribution in [3.05, 3.63) is 70.1 Å². The molecule has 0 aliphatic rings. The number of carboxylic acid groups (broad SMARTS) is 1. The second kappa shape index (κ2) is 5.09. The van der Waals surface area contributed by atoms with Crippen LogP contribution in [0.3, 0.4) is 0 Å². The van der Waals surface area contributed by atoms with Gasteiger partial charge in [0.05, 0.1) is 5.39 Å². The minimum absolute atomic E-state index is 0.324. The Balaban J connectivity index is 1.98. The van der Waals surface area contributed by atoms with Crippen LogP contribution in [0.4, 0.5) is 0 Å². The zero-order chi connectivity index (χ0) is 16.8. The van der Waals surface area contributed by atoms with Gasteiger partial charge in [-0.15, -0.1) is 0 Å². The fourth-order valence-electron chi connectivity index (χ4n) is 2.70. The SMILES string of the molecule is Cc1ccc(-c2cc3c(ccc4cc(C(=O)O)c(=O)oc43)o2)cc1. The Morgan fingerprint density at radius 2 is 1.75 bits per heavy atom. The van der Waals surface area contributed by atoms with E-state index in [9.17, 15) is 9.59 Å². The predicted octanol–water partition coefficient (Wildman–Crippen LogP) is 4.21. The standard InChI is InChI=1S/C19H12O5/c1-10-2-4-11(5-3-10)16-9-13-15(23-16)7-6-12-8-14(18(20)21)19(22)24-17(12)13/h2-9H,1H3,(H,20,21). The summed E-state index contributed by atoms with van der Waals surface area (Å²) in [4.78, 5) is 22.9. The fraction of sp³-hybridized carbons (Fsp3) is 0.0526. The van der Waals surface area contributed by atoms with Crippen molar-refractivity contribution in [3.63, 3.8) is 0 Å². The largest absolute Gasteiger partial charge is 0.477 e. The maximum atomic E-state index is 11.9. The summed E-state index contributed by atoms with van der Waals surface area (Å²) in [5.41, 5.74) is 1.69. The summed E-state index contributed by atoms with van der Waals surface area (Å²) in [7, 11) is 0. The summed E-state index contributed by atoms with van der Waals surface area (Å²) < 4.78 is 11.1. The summed E-state index contributed by atoms with van der Waals surface area (Å²) in [5.74, 6) is -0.652. The molecule has 5 heteroatoms. The second-order valence-electron chi connectivity index (χ2n) is 5.63. The third kappa shape index (κ3) is 2.18. The highest BCUT2D eigenvalue weighted by Crippen LogP contribution is 2.32. The molecule has 4 rings (SSSR count). The first kappa shape index (κ1) is 14.3. The van der Waals surface area contributed by atoms with Gasteiger partial charge in [-0.1, -0.05) is 29.8 Å². The molecule has 1 N–H and O–H groups in total. The highest BCUT2D eigenvalue weighted by atomic mass is 16.4. The fourth-order valence-corrected chi connectivity index (χ4v) is 2.70. The van der Waals surface area contributed by atoms with Crippen molar-refractivity contribution in [1.82, 2.24) is 0 Å². The van der Waals surface area contributed by atoms with E-state index in [1.54, 1.807) is 18.2 Å². The van der Waals surface area contributed by atoms with Gasteiger partial charge < -0.3 is 13.9 Å². The molecule has 2 aromatic heterocycles. The molecule has 5 nitrogen and oxygen atoms in total. The van der Waals surface area contributed by atoms with E-state index in [-0.39, 0.29) is 5.56 Å². The van der Waals surface area contributed by atoms with Crippen LogP contribution >= 0.6 is 0 Å². The summed E-state index contributed by atoms with van der Waals surface area (Å²) in [5, 5.41) is 10.2. The number of hydrogen-bond donors (Lipinski definition) is 1. The van der Waals surface area contributed by atoms with E-state index < -0.39 is 11.6 Å². The van der Waals surface area contributed by atoms with Gasteiger partial charge in [0, 0.05) is 10.9 Å². The quantitative estimate of drug-likeness (QED) is 0.559. The van der Waals surface area contributed by atoms with Crippen LogP contribution < -0.4 is 5.63 Å². The van der Waals surface area contributed by atoms with E-state index >= 15 is 0 Å². The molecule has 0 spiro atoms. The van der Waals surface area contributed by atoms with Crippen LogP contribution in [0.25, 0.3) is 33.3 Å². The minimum atomic E-state index is -1.31. The van der Waals surface area contributed by atoms with Gasteiger partial charge in [0.25, 0.3) is 0 Å². The maximum Gasteiger partial charge on any atom is 0.351 e. The van der Waals surface area contributed by atoms with Crippen molar-refractivity contribution in [2.75, 3.05) is 0 Å². The third-order valence-corrected chi connectivity index (χ3v) is 3.96. The molecule has 0 bridgehead atoms. The van der Waals surface area contributed by atoms with E-state index in [1.807, 2.05) is 31.2 Å². The minimum Gasteiger partial charge on any atom is -0.477 e. The van der Waals surface area contributed by atoms with Crippen LogP contribution in [0.2, 0.25) is 0 Å². The van der Waals surface area contributed by atoms with E-state index in [4.69, 9.17) is 13.9 Å². The van der Waals surface area contributed by atoms with E-state index in [0.717, 1.165) is 11.1 Å². The Labute approximate surface area is 135 Å². The first-order valence-electron chi connectivity index (χ1n) is 7.34. The number of fused-ring (bicyclic) bond motifs is 3. The number of carboxylic acids is 1. The van der Waals surface area contributed by atoms with Crippen LogP contribution in [0.5, 0.6) is 0 Å². The van der Waals surface area contributed by atoms with E-state index in [0.29, 0.717) is 27.7 Å². The number of carbonyl (C=O) groups is 1. The molecule has 118 valence electrons. The number of furan rings is 1. The van der Waals surface area contributed by atoms with Crippen molar-refractivity contribution >= 4 is 27.9 Å². The monoisotopic (exact) mass is 320 g/mol. The molecule has 4 aromatic rings. The lowest BCUT2D eigenvalue weighted by molar-refractivity contribution is 0.0692. The Bertz CT molecular complexity index is 1150. The van der Waals surface area contributed by atoms with E-state index in [1.165, 1.54) is 6.07 Å². The van der Waals surface area contributed by atoms with Gasteiger partial charge in [-0.2, -0.15) is 0 Å². The highest BCUT2D eigenvalue weighted by molar-refractivity contribution is 6.05. The van der Waals surface area contributed by atoms with Crippen molar-refractivity contribution in [3.8, 4) is 11.3 Å². The lowest BCUT2D eigenvalue weighted by atomic mass is 10.1. The molecule has 2 aromatic carbocycles. The summed E-state index contributed by atoms with van der Waals surface area (Å²) in [6.45, 7) is 2.00. The smallest absolute Gasteiger partial charge is 0.351 e. The van der Waals surface area contributed by atoms with Crippen molar-refractivity contribution in [2.45, 2.75) is 6.92 Å². The van der Waals surface area contributed by atoms with Gasteiger partial charge in [0.15, 0.2) is 0 Å². The molecule has 0 aliphatic heterocycles. The topological polar surface area (TPSA) is 80.6 Å². The first-order chi connectivity index (χ1) is 11.5. The third-order valence-electron chi connectivity index (χ3n) is 3.96. The zero-order valence-corrected chi connectivity index (χ0v) is 12.7. The summed E-state index contributed by atoms with van der Waals surface area (Å²) in [6, 6.07) is 14.4. The molecule has 0 fully saturated rings. The molecule has 0 saturated carbocycles. The molecule has 0 amide bonds. The van der Waals surface area contributed by atoms with Crippen LogP contribution in [-0.4, -0.2) is 11.1 Å². The second-order valence-corrected chi connectivity index (χ2v) is 5.63. The molecule has 0 aliphatic carbocycles. The van der Waals surface area contributed by atoms with Crippen LogP contribution in [-0.2, 0) is 0 Å².